The zero-order chi connectivity index (χ0) is 26.8. The quantitative estimate of drug-likeness (QED) is 0.0736. The Morgan fingerprint density at radius 1 is 0.543 bits per heavy atom. The number of aliphatic hydroxyl groups is 2. The number of aliphatic hydroxyl groups excluding tert-OH is 2. The van der Waals surface area contributed by atoms with Crippen molar-refractivity contribution in [2.45, 2.75) is 105 Å². The first-order valence-corrected chi connectivity index (χ1v) is 17.8. The summed E-state index contributed by atoms with van der Waals surface area (Å²) in [5.74, 6) is 1.41. The molecule has 0 amide bonds. The molecule has 0 aromatic rings. The first kappa shape index (κ1) is 35.5. The fraction of sp³-hybridized carbons (Fsp3) is 1.00. The Morgan fingerprint density at radius 3 is 1.17 bits per heavy atom. The zero-order valence-electron chi connectivity index (χ0n) is 22.9. The molecule has 0 saturated heterocycles. The molecule has 6 N–H and O–H groups in total. The molecule has 8 nitrogen and oxygen atoms in total. The molecular formula is C25H58O8P2. The van der Waals surface area contributed by atoms with E-state index < -0.39 is 34.5 Å². The number of rotatable bonds is 24. The third-order valence-corrected chi connectivity index (χ3v) is 9.68. The first-order valence-electron chi connectivity index (χ1n) is 13.8. The number of hydrogen-bond donors (Lipinski definition) is 6. The SMILES string of the molecule is CC(C)CCCCCCC[PH](O)(O)OCC(CO)(CO)CO[PH](O)(O)CCCCCCCC(C)C. The second kappa shape index (κ2) is 19.6. The summed E-state index contributed by atoms with van der Waals surface area (Å²) < 4.78 is 10.7. The van der Waals surface area contributed by atoms with Crippen LogP contribution < -0.4 is 0 Å². The van der Waals surface area contributed by atoms with E-state index in [0.717, 1.165) is 38.5 Å². The van der Waals surface area contributed by atoms with Crippen LogP contribution in [0.3, 0.4) is 0 Å². The average Bonchev–Trinajstić information content (AvgIpc) is 2.78. The molecule has 10 heteroatoms. The molecular weight excluding hydrogens is 490 g/mol. The minimum absolute atomic E-state index is 0.154. The van der Waals surface area contributed by atoms with Crippen LogP contribution in [0.15, 0.2) is 0 Å². The molecule has 0 aliphatic carbocycles. The first-order chi connectivity index (χ1) is 16.4. The van der Waals surface area contributed by atoms with E-state index in [1.165, 1.54) is 25.7 Å². The Bertz CT molecular complexity index is 460. The van der Waals surface area contributed by atoms with Crippen molar-refractivity contribution in [3.05, 3.63) is 0 Å². The van der Waals surface area contributed by atoms with Crippen LogP contribution >= 0.6 is 15.9 Å². The van der Waals surface area contributed by atoms with Crippen molar-refractivity contribution in [3.63, 3.8) is 0 Å². The van der Waals surface area contributed by atoms with Gasteiger partial charge in [-0.2, -0.15) is 0 Å². The van der Waals surface area contributed by atoms with Crippen molar-refractivity contribution in [2.75, 3.05) is 38.8 Å². The summed E-state index contributed by atoms with van der Waals surface area (Å²) in [6.07, 6.45) is 12.5. The van der Waals surface area contributed by atoms with Crippen LogP contribution in [0.25, 0.3) is 0 Å². The van der Waals surface area contributed by atoms with Gasteiger partial charge in [-0.1, -0.05) is 0 Å². The Balaban J connectivity index is 4.31. The number of unbranched alkanes of at least 4 members (excludes halogenated alkanes) is 8. The molecule has 216 valence electrons. The van der Waals surface area contributed by atoms with Crippen LogP contribution in [0.4, 0.5) is 0 Å². The minimum atomic E-state index is -3.94. The molecule has 0 aromatic heterocycles. The van der Waals surface area contributed by atoms with Crippen molar-refractivity contribution in [1.29, 1.82) is 0 Å². The monoisotopic (exact) mass is 548 g/mol. The standard InChI is InChI=1S/C25H58O8P2/c1-23(2)15-11-7-5-9-13-17-34(28,29)32-21-25(19-26,20-27)22-33-35(30,31)18-14-10-6-8-12-16-24(3)4/h23-24,26-31,34-35H,5-22H2,1-4H3. The van der Waals surface area contributed by atoms with Gasteiger partial charge in [0.15, 0.2) is 0 Å². The van der Waals surface area contributed by atoms with Crippen molar-refractivity contribution < 1.29 is 38.8 Å². The topological polar surface area (TPSA) is 140 Å². The average molecular weight is 549 g/mol. The maximum absolute atomic E-state index is 10.3. The van der Waals surface area contributed by atoms with Gasteiger partial charge in [-0.15, -0.1) is 0 Å². The van der Waals surface area contributed by atoms with Crippen LogP contribution in [0.1, 0.15) is 105 Å². The van der Waals surface area contributed by atoms with Gasteiger partial charge in [-0.25, -0.2) is 0 Å². The van der Waals surface area contributed by atoms with E-state index in [2.05, 4.69) is 27.7 Å². The Labute approximate surface area is 215 Å². The van der Waals surface area contributed by atoms with Crippen LogP contribution in [-0.4, -0.2) is 68.5 Å². The Morgan fingerprint density at radius 2 is 0.857 bits per heavy atom. The molecule has 0 saturated carbocycles. The van der Waals surface area contributed by atoms with E-state index in [1.807, 2.05) is 0 Å². The molecule has 0 rings (SSSR count). The Kier molecular flexibility index (Phi) is 19.9. The van der Waals surface area contributed by atoms with E-state index in [0.29, 0.717) is 24.7 Å². The number of hydrogen-bond acceptors (Lipinski definition) is 8. The van der Waals surface area contributed by atoms with E-state index >= 15 is 0 Å². The van der Waals surface area contributed by atoms with Gasteiger partial charge in [0, 0.05) is 0 Å². The van der Waals surface area contributed by atoms with Gasteiger partial charge in [0.05, 0.1) is 0 Å². The van der Waals surface area contributed by atoms with Gasteiger partial charge in [-0.3, -0.25) is 0 Å². The zero-order valence-corrected chi connectivity index (χ0v) is 24.9. The molecule has 0 radical (unpaired) electrons. The molecule has 0 heterocycles. The molecule has 0 aromatic carbocycles. The maximum atomic E-state index is 10.3. The van der Waals surface area contributed by atoms with Gasteiger partial charge >= 0.3 is 215 Å². The van der Waals surface area contributed by atoms with Crippen LogP contribution in [-0.2, 0) is 9.05 Å². The van der Waals surface area contributed by atoms with E-state index in [4.69, 9.17) is 9.05 Å². The summed E-state index contributed by atoms with van der Waals surface area (Å²) >= 11 is 0. The fourth-order valence-corrected chi connectivity index (χ4v) is 6.62. The van der Waals surface area contributed by atoms with Crippen LogP contribution in [0.5, 0.6) is 0 Å². The van der Waals surface area contributed by atoms with E-state index in [9.17, 15) is 29.8 Å². The van der Waals surface area contributed by atoms with Crippen molar-refractivity contribution in [2.24, 2.45) is 17.3 Å². The van der Waals surface area contributed by atoms with Crippen molar-refractivity contribution >= 4 is 15.9 Å². The van der Waals surface area contributed by atoms with Gasteiger partial charge in [0.25, 0.3) is 0 Å². The molecule has 0 unspecified atom stereocenters. The predicted octanol–water partition coefficient (Wildman–Crippen LogP) is 4.94. The summed E-state index contributed by atoms with van der Waals surface area (Å²) in [6.45, 7) is 7.10. The van der Waals surface area contributed by atoms with Crippen LogP contribution in [0.2, 0.25) is 0 Å². The Hall–Kier alpha value is 0.540. The molecule has 0 aliphatic rings. The molecule has 0 fully saturated rings. The van der Waals surface area contributed by atoms with Gasteiger partial charge in [0.2, 0.25) is 0 Å². The van der Waals surface area contributed by atoms with Crippen LogP contribution in [0, 0.1) is 17.3 Å². The molecule has 0 atom stereocenters. The summed E-state index contributed by atoms with van der Waals surface area (Å²) in [5.41, 5.74) is -1.33. The molecule has 0 spiro atoms. The second-order valence-corrected chi connectivity index (χ2v) is 15.8. The third-order valence-electron chi connectivity index (χ3n) is 6.46. The predicted molar refractivity (Wildman–Crippen MR) is 149 cm³/mol. The van der Waals surface area contributed by atoms with Gasteiger partial charge < -0.3 is 0 Å². The third kappa shape index (κ3) is 20.2. The van der Waals surface area contributed by atoms with E-state index in [-0.39, 0.29) is 25.5 Å². The summed E-state index contributed by atoms with van der Waals surface area (Å²) in [6, 6.07) is 0. The van der Waals surface area contributed by atoms with Gasteiger partial charge in [-0.05, 0) is 0 Å². The molecule has 0 aliphatic heterocycles. The molecule has 35 heavy (non-hydrogen) atoms. The van der Waals surface area contributed by atoms with Gasteiger partial charge in [0.1, 0.15) is 0 Å². The summed E-state index contributed by atoms with van der Waals surface area (Å²) in [7, 11) is -7.89. The normalized spacial score (nSPS) is 14.3. The summed E-state index contributed by atoms with van der Waals surface area (Å²) in [4.78, 5) is 41.1. The second-order valence-electron chi connectivity index (χ2n) is 11.3. The van der Waals surface area contributed by atoms with E-state index in [1.54, 1.807) is 0 Å². The van der Waals surface area contributed by atoms with Crippen molar-refractivity contribution in [1.82, 2.24) is 0 Å². The summed E-state index contributed by atoms with van der Waals surface area (Å²) in [5, 5.41) is 19.7. The molecule has 0 bridgehead atoms. The fourth-order valence-electron chi connectivity index (χ4n) is 3.83. The van der Waals surface area contributed by atoms with Crippen molar-refractivity contribution in [3.8, 4) is 0 Å².